The lowest BCUT2D eigenvalue weighted by atomic mass is 10.2. The fourth-order valence-electron chi connectivity index (χ4n) is 2.10. The van der Waals surface area contributed by atoms with Crippen LogP contribution in [0.4, 0.5) is 5.69 Å². The second-order valence-electron chi connectivity index (χ2n) is 6.04. The van der Waals surface area contributed by atoms with E-state index in [0.29, 0.717) is 12.3 Å². The van der Waals surface area contributed by atoms with E-state index in [4.69, 9.17) is 14.0 Å². The highest BCUT2D eigenvalue weighted by Crippen LogP contribution is 2.13. The summed E-state index contributed by atoms with van der Waals surface area (Å²) >= 11 is 0. The van der Waals surface area contributed by atoms with Crippen molar-refractivity contribution in [1.29, 1.82) is 0 Å². The zero-order valence-electron chi connectivity index (χ0n) is 15.4. The van der Waals surface area contributed by atoms with E-state index in [0.717, 1.165) is 11.3 Å². The van der Waals surface area contributed by atoms with Gasteiger partial charge in [-0.1, -0.05) is 12.1 Å². The van der Waals surface area contributed by atoms with Crippen molar-refractivity contribution in [3.05, 3.63) is 41.7 Å². The molecule has 26 heavy (non-hydrogen) atoms. The molecule has 0 aliphatic carbocycles. The molecule has 8 nitrogen and oxygen atoms in total. The zero-order valence-corrected chi connectivity index (χ0v) is 15.4. The van der Waals surface area contributed by atoms with Gasteiger partial charge in [-0.3, -0.25) is 4.79 Å². The number of benzene rings is 1. The van der Waals surface area contributed by atoms with Crippen molar-refractivity contribution in [2.75, 3.05) is 39.3 Å². The lowest BCUT2D eigenvalue weighted by molar-refractivity contribution is -0.153. The fraction of sp³-hybridized carbons (Fsp3) is 0.389. The molecule has 0 bridgehead atoms. The number of anilines is 1. The SMILES string of the molecule is Cc1cc(OCC(=O)OCC(=O)N(C)Cc2ccc(N(C)C)cc2)no1. The highest BCUT2D eigenvalue weighted by atomic mass is 16.6. The highest BCUT2D eigenvalue weighted by molar-refractivity contribution is 5.80. The van der Waals surface area contributed by atoms with Crippen LogP contribution in [-0.2, 0) is 20.9 Å². The van der Waals surface area contributed by atoms with Gasteiger partial charge in [-0.2, -0.15) is 0 Å². The van der Waals surface area contributed by atoms with Gasteiger partial charge in [0.15, 0.2) is 13.2 Å². The third-order valence-electron chi connectivity index (χ3n) is 3.60. The molecule has 1 aromatic carbocycles. The van der Waals surface area contributed by atoms with Crippen molar-refractivity contribution in [3.63, 3.8) is 0 Å². The van der Waals surface area contributed by atoms with Crippen molar-refractivity contribution in [3.8, 4) is 5.88 Å². The summed E-state index contributed by atoms with van der Waals surface area (Å²) in [5.41, 5.74) is 2.07. The molecule has 0 radical (unpaired) electrons. The Kier molecular flexibility index (Phi) is 6.60. The monoisotopic (exact) mass is 361 g/mol. The van der Waals surface area contributed by atoms with E-state index < -0.39 is 5.97 Å². The molecule has 0 spiro atoms. The number of hydrogen-bond acceptors (Lipinski definition) is 7. The molecule has 0 aliphatic rings. The van der Waals surface area contributed by atoms with Crippen LogP contribution in [0.5, 0.6) is 5.88 Å². The highest BCUT2D eigenvalue weighted by Gasteiger charge is 2.14. The summed E-state index contributed by atoms with van der Waals surface area (Å²) in [6.07, 6.45) is 0. The molecule has 1 aromatic heterocycles. The van der Waals surface area contributed by atoms with Crippen LogP contribution in [0.2, 0.25) is 0 Å². The molecule has 0 saturated carbocycles. The normalized spacial score (nSPS) is 10.3. The van der Waals surface area contributed by atoms with Crippen LogP contribution in [0.3, 0.4) is 0 Å². The summed E-state index contributed by atoms with van der Waals surface area (Å²) < 4.78 is 14.8. The number of esters is 1. The Balaban J connectivity index is 1.73. The number of aromatic nitrogens is 1. The van der Waals surface area contributed by atoms with Crippen LogP contribution in [0, 0.1) is 6.92 Å². The maximum atomic E-state index is 12.1. The number of nitrogens with zero attached hydrogens (tertiary/aromatic N) is 3. The standard InChI is InChI=1S/C18H23N3O5/c1-13-9-16(19-26-13)24-12-18(23)25-11-17(22)21(4)10-14-5-7-15(8-6-14)20(2)3/h5-9H,10-12H2,1-4H3. The Bertz CT molecular complexity index is 740. The van der Waals surface area contributed by atoms with Crippen LogP contribution in [0.1, 0.15) is 11.3 Å². The van der Waals surface area contributed by atoms with E-state index >= 15 is 0 Å². The van der Waals surface area contributed by atoms with Crippen LogP contribution in [-0.4, -0.2) is 56.3 Å². The lowest BCUT2D eigenvalue weighted by Crippen LogP contribution is -2.31. The van der Waals surface area contributed by atoms with Crippen LogP contribution in [0.25, 0.3) is 0 Å². The van der Waals surface area contributed by atoms with Crippen LogP contribution in [0.15, 0.2) is 34.9 Å². The van der Waals surface area contributed by atoms with E-state index in [1.54, 1.807) is 20.0 Å². The molecule has 2 aromatic rings. The van der Waals surface area contributed by atoms with Crippen molar-refractivity contribution in [2.24, 2.45) is 0 Å². The topological polar surface area (TPSA) is 85.1 Å². The number of carbonyl (C=O) groups is 2. The van der Waals surface area contributed by atoms with Gasteiger partial charge in [0.25, 0.3) is 11.8 Å². The summed E-state index contributed by atoms with van der Waals surface area (Å²) in [4.78, 5) is 27.2. The maximum absolute atomic E-state index is 12.1. The van der Waals surface area contributed by atoms with E-state index in [1.807, 2.05) is 43.3 Å². The van der Waals surface area contributed by atoms with Gasteiger partial charge < -0.3 is 23.8 Å². The van der Waals surface area contributed by atoms with E-state index in [-0.39, 0.29) is 25.0 Å². The average molecular weight is 361 g/mol. The summed E-state index contributed by atoms with van der Waals surface area (Å²) in [5, 5.41) is 3.59. The lowest BCUT2D eigenvalue weighted by Gasteiger charge is -2.18. The van der Waals surface area contributed by atoms with Gasteiger partial charge >= 0.3 is 5.97 Å². The Morgan fingerprint density at radius 2 is 1.81 bits per heavy atom. The Morgan fingerprint density at radius 1 is 1.12 bits per heavy atom. The van der Waals surface area contributed by atoms with Crippen molar-refractivity contribution < 1.29 is 23.6 Å². The number of hydrogen-bond donors (Lipinski definition) is 0. The van der Waals surface area contributed by atoms with Gasteiger partial charge in [0.1, 0.15) is 5.76 Å². The molecule has 0 saturated heterocycles. The second-order valence-corrected chi connectivity index (χ2v) is 6.04. The minimum atomic E-state index is -0.650. The van der Waals surface area contributed by atoms with Gasteiger partial charge in [0.2, 0.25) is 0 Å². The van der Waals surface area contributed by atoms with Crippen molar-refractivity contribution in [1.82, 2.24) is 10.1 Å². The smallest absolute Gasteiger partial charge is 0.344 e. The largest absolute Gasteiger partial charge is 0.463 e. The average Bonchev–Trinajstić information content (AvgIpc) is 3.03. The molecule has 8 heteroatoms. The van der Waals surface area contributed by atoms with Gasteiger partial charge in [0.05, 0.1) is 0 Å². The molecule has 140 valence electrons. The third-order valence-corrected chi connectivity index (χ3v) is 3.60. The zero-order chi connectivity index (χ0) is 19.1. The van der Waals surface area contributed by atoms with Crippen molar-refractivity contribution in [2.45, 2.75) is 13.5 Å². The van der Waals surface area contributed by atoms with Crippen molar-refractivity contribution >= 4 is 17.6 Å². The molecule has 0 unspecified atom stereocenters. The Morgan fingerprint density at radius 3 is 2.38 bits per heavy atom. The molecule has 0 fully saturated rings. The maximum Gasteiger partial charge on any atom is 0.344 e. The molecular formula is C18H23N3O5. The van der Waals surface area contributed by atoms with Gasteiger partial charge in [-0.15, -0.1) is 0 Å². The van der Waals surface area contributed by atoms with Crippen LogP contribution < -0.4 is 9.64 Å². The van der Waals surface area contributed by atoms with E-state index in [1.165, 1.54) is 4.90 Å². The summed E-state index contributed by atoms with van der Waals surface area (Å²) in [7, 11) is 5.59. The molecule has 0 atom stereocenters. The first kappa shape index (κ1) is 19.3. The summed E-state index contributed by atoms with van der Waals surface area (Å²) in [5.74, 6) is -0.178. The molecule has 1 amide bonds. The molecule has 1 heterocycles. The first-order chi connectivity index (χ1) is 12.3. The van der Waals surface area contributed by atoms with Gasteiger partial charge in [0, 0.05) is 39.4 Å². The number of carbonyl (C=O) groups excluding carboxylic acids is 2. The number of rotatable bonds is 8. The molecule has 0 aliphatic heterocycles. The number of amides is 1. The predicted octanol–water partition coefficient (Wildman–Crippen LogP) is 1.63. The summed E-state index contributed by atoms with van der Waals surface area (Å²) in [6, 6.07) is 9.43. The van der Waals surface area contributed by atoms with Gasteiger partial charge in [-0.05, 0) is 29.8 Å². The molecule has 0 N–H and O–H groups in total. The molecule has 2 rings (SSSR count). The Hall–Kier alpha value is -3.03. The number of aryl methyl sites for hydroxylation is 1. The minimum absolute atomic E-state index is 0.198. The number of ether oxygens (including phenoxy) is 2. The Labute approximate surface area is 152 Å². The summed E-state index contributed by atoms with van der Waals surface area (Å²) in [6.45, 7) is 1.46. The predicted molar refractivity (Wildman–Crippen MR) is 94.9 cm³/mol. The van der Waals surface area contributed by atoms with E-state index in [9.17, 15) is 9.59 Å². The minimum Gasteiger partial charge on any atom is -0.463 e. The third kappa shape index (κ3) is 5.80. The second kappa shape index (κ2) is 8.89. The molecular weight excluding hydrogens is 338 g/mol. The van der Waals surface area contributed by atoms with E-state index in [2.05, 4.69) is 5.16 Å². The van der Waals surface area contributed by atoms with Crippen LogP contribution >= 0.6 is 0 Å². The first-order valence-electron chi connectivity index (χ1n) is 8.07. The quantitative estimate of drug-likeness (QED) is 0.661. The van der Waals surface area contributed by atoms with Gasteiger partial charge in [-0.25, -0.2) is 4.79 Å². The number of likely N-dealkylation sites (N-methyl/N-ethyl adjacent to an activating group) is 1. The fourth-order valence-corrected chi connectivity index (χ4v) is 2.10. The first-order valence-corrected chi connectivity index (χ1v) is 8.07.